The van der Waals surface area contributed by atoms with E-state index in [4.69, 9.17) is 10.5 Å². The van der Waals surface area contributed by atoms with Gasteiger partial charge in [0.15, 0.2) is 0 Å². The van der Waals surface area contributed by atoms with Crippen LogP contribution in [0.4, 0.5) is 5.69 Å². The van der Waals surface area contributed by atoms with Crippen molar-refractivity contribution in [3.63, 3.8) is 0 Å². The number of benzene rings is 1. The molecule has 0 amide bonds. The zero-order valence-corrected chi connectivity index (χ0v) is 10.2. The highest BCUT2D eigenvalue weighted by Gasteiger charge is 2.06. The summed E-state index contributed by atoms with van der Waals surface area (Å²) < 4.78 is 27.8. The van der Waals surface area contributed by atoms with Crippen molar-refractivity contribution in [3.05, 3.63) is 24.3 Å². The summed E-state index contributed by atoms with van der Waals surface area (Å²) in [4.78, 5) is 0. The van der Waals surface area contributed by atoms with Gasteiger partial charge in [0, 0.05) is 17.5 Å². The molecule has 1 rings (SSSR count). The Balaban J connectivity index is 2.32. The molecular formula is C11H17NO3S. The molecule has 1 aromatic carbocycles. The van der Waals surface area contributed by atoms with Crippen LogP contribution in [-0.2, 0) is 9.84 Å². The predicted octanol–water partition coefficient (Wildman–Crippen LogP) is 1.47. The average molecular weight is 243 g/mol. The van der Waals surface area contributed by atoms with Gasteiger partial charge in [-0.15, -0.1) is 0 Å². The van der Waals surface area contributed by atoms with Crippen LogP contribution in [0.1, 0.15) is 13.3 Å². The lowest BCUT2D eigenvalue weighted by atomic mass is 10.3. The number of nitrogens with two attached hydrogens (primary N) is 1. The summed E-state index contributed by atoms with van der Waals surface area (Å²) in [5.74, 6) is 1.03. The molecule has 0 aromatic heterocycles. The van der Waals surface area contributed by atoms with Gasteiger partial charge in [-0.3, -0.25) is 0 Å². The number of ether oxygens (including phenoxy) is 1. The average Bonchev–Trinajstić information content (AvgIpc) is 2.25. The first-order valence-corrected chi connectivity index (χ1v) is 7.04. The SMILES string of the molecule is CCS(=O)(=O)CCCOc1cccc(N)c1. The molecule has 0 radical (unpaired) electrons. The van der Waals surface area contributed by atoms with E-state index in [0.717, 1.165) is 0 Å². The second-order valence-corrected chi connectivity index (χ2v) is 5.98. The molecule has 90 valence electrons. The Morgan fingerprint density at radius 1 is 1.38 bits per heavy atom. The molecule has 1 aromatic rings. The Morgan fingerprint density at radius 2 is 2.12 bits per heavy atom. The molecule has 16 heavy (non-hydrogen) atoms. The number of nitrogen functional groups attached to an aromatic ring is 1. The summed E-state index contributed by atoms with van der Waals surface area (Å²) in [6.45, 7) is 2.04. The summed E-state index contributed by atoms with van der Waals surface area (Å²) in [6.07, 6.45) is 0.505. The van der Waals surface area contributed by atoms with E-state index >= 15 is 0 Å². The molecule has 0 saturated carbocycles. The van der Waals surface area contributed by atoms with E-state index in [0.29, 0.717) is 24.5 Å². The molecule has 0 fully saturated rings. The van der Waals surface area contributed by atoms with E-state index < -0.39 is 9.84 Å². The topological polar surface area (TPSA) is 69.4 Å². The Labute approximate surface area is 96.3 Å². The third-order valence-corrected chi connectivity index (χ3v) is 3.96. The van der Waals surface area contributed by atoms with E-state index in [9.17, 15) is 8.42 Å². The van der Waals surface area contributed by atoms with Crippen LogP contribution < -0.4 is 10.5 Å². The molecule has 0 spiro atoms. The lowest BCUT2D eigenvalue weighted by molar-refractivity contribution is 0.318. The van der Waals surface area contributed by atoms with Crippen LogP contribution in [0.5, 0.6) is 5.75 Å². The van der Waals surface area contributed by atoms with Gasteiger partial charge in [-0.1, -0.05) is 13.0 Å². The Bertz CT molecular complexity index is 429. The minimum atomic E-state index is -2.89. The van der Waals surface area contributed by atoms with Crippen molar-refractivity contribution in [2.45, 2.75) is 13.3 Å². The zero-order valence-electron chi connectivity index (χ0n) is 9.35. The van der Waals surface area contributed by atoms with Crippen LogP contribution in [0.15, 0.2) is 24.3 Å². The van der Waals surface area contributed by atoms with Crippen LogP contribution >= 0.6 is 0 Å². The van der Waals surface area contributed by atoms with E-state index in [-0.39, 0.29) is 11.5 Å². The summed E-state index contributed by atoms with van der Waals surface area (Å²) in [7, 11) is -2.89. The lowest BCUT2D eigenvalue weighted by Gasteiger charge is -2.06. The summed E-state index contributed by atoms with van der Waals surface area (Å²) in [5, 5.41) is 0. The smallest absolute Gasteiger partial charge is 0.150 e. The van der Waals surface area contributed by atoms with Gasteiger partial charge in [-0.2, -0.15) is 0 Å². The van der Waals surface area contributed by atoms with Gasteiger partial charge in [0.2, 0.25) is 0 Å². The summed E-state index contributed by atoms with van der Waals surface area (Å²) in [6, 6.07) is 7.08. The first-order valence-electron chi connectivity index (χ1n) is 5.22. The molecule has 0 aliphatic carbocycles. The second kappa shape index (κ2) is 5.75. The fourth-order valence-corrected chi connectivity index (χ4v) is 2.06. The van der Waals surface area contributed by atoms with Crippen LogP contribution in [-0.4, -0.2) is 26.5 Å². The largest absolute Gasteiger partial charge is 0.493 e. The summed E-state index contributed by atoms with van der Waals surface area (Å²) >= 11 is 0. The maximum atomic E-state index is 11.2. The van der Waals surface area contributed by atoms with Crippen molar-refractivity contribution in [1.29, 1.82) is 0 Å². The molecule has 0 aliphatic rings. The molecule has 0 saturated heterocycles. The predicted molar refractivity (Wildman–Crippen MR) is 65.3 cm³/mol. The maximum absolute atomic E-state index is 11.2. The zero-order chi connectivity index (χ0) is 12.0. The minimum Gasteiger partial charge on any atom is -0.493 e. The molecule has 0 unspecified atom stereocenters. The maximum Gasteiger partial charge on any atom is 0.150 e. The number of hydrogen-bond acceptors (Lipinski definition) is 4. The lowest BCUT2D eigenvalue weighted by Crippen LogP contribution is -2.11. The molecule has 0 heterocycles. The fraction of sp³-hybridized carbons (Fsp3) is 0.455. The van der Waals surface area contributed by atoms with Crippen molar-refractivity contribution in [3.8, 4) is 5.75 Å². The van der Waals surface area contributed by atoms with E-state index in [2.05, 4.69) is 0 Å². The molecule has 0 bridgehead atoms. The highest BCUT2D eigenvalue weighted by molar-refractivity contribution is 7.91. The number of sulfone groups is 1. The van der Waals surface area contributed by atoms with Gasteiger partial charge < -0.3 is 10.5 Å². The molecule has 0 atom stereocenters. The minimum absolute atomic E-state index is 0.172. The molecule has 2 N–H and O–H groups in total. The Kier molecular flexibility index (Phi) is 4.61. The third-order valence-electron chi connectivity index (χ3n) is 2.17. The van der Waals surface area contributed by atoms with Crippen molar-refractivity contribution in [2.24, 2.45) is 0 Å². The fourth-order valence-electron chi connectivity index (χ4n) is 1.22. The van der Waals surface area contributed by atoms with Gasteiger partial charge >= 0.3 is 0 Å². The van der Waals surface area contributed by atoms with Crippen molar-refractivity contribution >= 4 is 15.5 Å². The van der Waals surface area contributed by atoms with E-state index in [1.165, 1.54) is 0 Å². The van der Waals surface area contributed by atoms with Crippen molar-refractivity contribution < 1.29 is 13.2 Å². The number of hydrogen-bond donors (Lipinski definition) is 1. The van der Waals surface area contributed by atoms with Crippen LogP contribution in [0, 0.1) is 0 Å². The highest BCUT2D eigenvalue weighted by atomic mass is 32.2. The van der Waals surface area contributed by atoms with Crippen LogP contribution in [0.25, 0.3) is 0 Å². The quantitative estimate of drug-likeness (QED) is 0.607. The van der Waals surface area contributed by atoms with Crippen molar-refractivity contribution in [2.75, 3.05) is 23.8 Å². The second-order valence-electron chi connectivity index (χ2n) is 3.51. The van der Waals surface area contributed by atoms with Crippen LogP contribution in [0.3, 0.4) is 0 Å². The normalized spacial score (nSPS) is 11.3. The Hall–Kier alpha value is -1.23. The number of rotatable bonds is 6. The monoisotopic (exact) mass is 243 g/mol. The van der Waals surface area contributed by atoms with Gasteiger partial charge in [-0.05, 0) is 18.6 Å². The first kappa shape index (κ1) is 12.8. The standard InChI is InChI=1S/C11H17NO3S/c1-2-16(13,14)8-4-7-15-11-6-3-5-10(12)9-11/h3,5-6,9H,2,4,7-8,12H2,1H3. The van der Waals surface area contributed by atoms with Gasteiger partial charge in [-0.25, -0.2) is 8.42 Å². The van der Waals surface area contributed by atoms with Crippen LogP contribution in [0.2, 0.25) is 0 Å². The summed E-state index contributed by atoms with van der Waals surface area (Å²) in [5.41, 5.74) is 6.22. The number of anilines is 1. The van der Waals surface area contributed by atoms with Crippen molar-refractivity contribution in [1.82, 2.24) is 0 Å². The van der Waals surface area contributed by atoms with E-state index in [1.807, 2.05) is 0 Å². The van der Waals surface area contributed by atoms with Gasteiger partial charge in [0.1, 0.15) is 15.6 Å². The van der Waals surface area contributed by atoms with Gasteiger partial charge in [0.05, 0.1) is 12.4 Å². The Morgan fingerprint density at radius 3 is 2.75 bits per heavy atom. The molecular weight excluding hydrogens is 226 g/mol. The van der Waals surface area contributed by atoms with Gasteiger partial charge in [0.25, 0.3) is 0 Å². The highest BCUT2D eigenvalue weighted by Crippen LogP contribution is 2.14. The molecule has 4 nitrogen and oxygen atoms in total. The molecule has 0 aliphatic heterocycles. The first-order chi connectivity index (χ1) is 7.53. The third kappa shape index (κ3) is 4.53. The molecule has 5 heteroatoms. The van der Waals surface area contributed by atoms with E-state index in [1.54, 1.807) is 31.2 Å².